The van der Waals surface area contributed by atoms with Crippen LogP contribution >= 0.6 is 0 Å². The third-order valence-corrected chi connectivity index (χ3v) is 2.95. The molecule has 1 saturated heterocycles. The number of rotatable bonds is 2. The van der Waals surface area contributed by atoms with Gasteiger partial charge in [-0.2, -0.15) is 0 Å². The summed E-state index contributed by atoms with van der Waals surface area (Å²) in [5.41, 5.74) is 0.526. The van der Waals surface area contributed by atoms with Crippen molar-refractivity contribution in [2.45, 2.75) is 18.9 Å². The lowest BCUT2D eigenvalue weighted by molar-refractivity contribution is 0.0347. The van der Waals surface area contributed by atoms with Gasteiger partial charge in [0.15, 0.2) is 0 Å². The van der Waals surface area contributed by atoms with Crippen LogP contribution in [0, 0.1) is 0 Å². The average Bonchev–Trinajstić information content (AvgIpc) is 2.39. The Morgan fingerprint density at radius 1 is 1.44 bits per heavy atom. The predicted molar refractivity (Wildman–Crippen MR) is 60.2 cm³/mol. The van der Waals surface area contributed by atoms with Gasteiger partial charge in [0.1, 0.15) is 5.69 Å². The number of hydrogen-bond donors (Lipinski definition) is 0. The molecule has 16 heavy (non-hydrogen) atoms. The van der Waals surface area contributed by atoms with E-state index in [0.717, 1.165) is 25.9 Å². The second kappa shape index (κ2) is 5.07. The van der Waals surface area contributed by atoms with Gasteiger partial charge in [0.05, 0.1) is 6.10 Å². The van der Waals surface area contributed by atoms with Crippen molar-refractivity contribution < 1.29 is 9.53 Å². The van der Waals surface area contributed by atoms with E-state index in [1.165, 1.54) is 0 Å². The lowest BCUT2D eigenvalue weighted by atomic mass is 10.1. The Morgan fingerprint density at radius 3 is 2.75 bits per heavy atom. The number of aromatic nitrogens is 1. The molecule has 1 amide bonds. The molecule has 1 aromatic rings. The van der Waals surface area contributed by atoms with E-state index in [-0.39, 0.29) is 5.91 Å². The molecule has 4 nitrogen and oxygen atoms in total. The van der Waals surface area contributed by atoms with E-state index in [2.05, 4.69) is 4.98 Å². The molecule has 2 heterocycles. The average molecular weight is 220 g/mol. The zero-order valence-electron chi connectivity index (χ0n) is 9.43. The summed E-state index contributed by atoms with van der Waals surface area (Å²) in [5.74, 6) is 0.0233. The summed E-state index contributed by atoms with van der Waals surface area (Å²) in [6.45, 7) is 1.52. The van der Waals surface area contributed by atoms with E-state index in [4.69, 9.17) is 4.74 Å². The summed E-state index contributed by atoms with van der Waals surface area (Å²) >= 11 is 0. The van der Waals surface area contributed by atoms with Crippen LogP contribution in [0.4, 0.5) is 0 Å². The van der Waals surface area contributed by atoms with Crippen molar-refractivity contribution in [1.82, 2.24) is 9.88 Å². The number of carbonyl (C=O) groups excluding carboxylic acids is 1. The first-order valence-electron chi connectivity index (χ1n) is 5.54. The second-order valence-electron chi connectivity index (χ2n) is 3.94. The maximum Gasteiger partial charge on any atom is 0.272 e. The molecule has 0 aromatic carbocycles. The molecule has 4 heteroatoms. The molecule has 1 aliphatic heterocycles. The number of pyridine rings is 1. The number of hydrogen-bond acceptors (Lipinski definition) is 3. The molecule has 1 fully saturated rings. The van der Waals surface area contributed by atoms with Crippen molar-refractivity contribution >= 4 is 5.91 Å². The largest absolute Gasteiger partial charge is 0.381 e. The summed E-state index contributed by atoms with van der Waals surface area (Å²) in [5, 5.41) is 0. The fraction of sp³-hybridized carbons (Fsp3) is 0.500. The Morgan fingerprint density at radius 2 is 2.19 bits per heavy atom. The van der Waals surface area contributed by atoms with Crippen molar-refractivity contribution in [2.24, 2.45) is 0 Å². The van der Waals surface area contributed by atoms with E-state index in [1.54, 1.807) is 19.4 Å². The quantitative estimate of drug-likeness (QED) is 0.755. The minimum absolute atomic E-state index is 0.0233. The Balaban J connectivity index is 1.97. The highest BCUT2D eigenvalue weighted by Gasteiger charge is 2.23. The maximum absolute atomic E-state index is 12.0. The molecular weight excluding hydrogens is 204 g/mol. The fourth-order valence-corrected chi connectivity index (χ4v) is 1.95. The molecule has 0 aliphatic carbocycles. The maximum atomic E-state index is 12.0. The van der Waals surface area contributed by atoms with Crippen LogP contribution < -0.4 is 0 Å². The van der Waals surface area contributed by atoms with Gasteiger partial charge in [-0.15, -0.1) is 0 Å². The molecule has 0 saturated carbocycles. The third-order valence-electron chi connectivity index (χ3n) is 2.95. The normalized spacial score (nSPS) is 17.4. The van der Waals surface area contributed by atoms with Crippen LogP contribution in [0.25, 0.3) is 0 Å². The monoisotopic (exact) mass is 220 g/mol. The molecule has 0 radical (unpaired) electrons. The van der Waals surface area contributed by atoms with Gasteiger partial charge in [0.2, 0.25) is 0 Å². The number of nitrogens with zero attached hydrogens (tertiary/aromatic N) is 2. The molecule has 0 bridgehead atoms. The molecule has 0 N–H and O–H groups in total. The van der Waals surface area contributed by atoms with Gasteiger partial charge in [0.25, 0.3) is 5.91 Å². The van der Waals surface area contributed by atoms with E-state index < -0.39 is 0 Å². The number of piperidine rings is 1. The van der Waals surface area contributed by atoms with Gasteiger partial charge in [-0.1, -0.05) is 6.07 Å². The van der Waals surface area contributed by atoms with Gasteiger partial charge in [-0.05, 0) is 25.0 Å². The standard InChI is InChI=1S/C12H16N2O2/c1-16-10-5-8-14(9-6-10)12(15)11-4-2-3-7-13-11/h2-4,7,10H,5-6,8-9H2,1H3. The van der Waals surface area contributed by atoms with Gasteiger partial charge in [-0.25, -0.2) is 0 Å². The number of ether oxygens (including phenoxy) is 1. The first-order valence-corrected chi connectivity index (χ1v) is 5.54. The van der Waals surface area contributed by atoms with Crippen LogP contribution in [0.1, 0.15) is 23.3 Å². The van der Waals surface area contributed by atoms with Crippen molar-refractivity contribution in [1.29, 1.82) is 0 Å². The van der Waals surface area contributed by atoms with Crippen molar-refractivity contribution in [3.63, 3.8) is 0 Å². The Bertz CT molecular complexity index is 345. The Kier molecular flexibility index (Phi) is 3.51. The number of amides is 1. The zero-order valence-corrected chi connectivity index (χ0v) is 9.43. The molecule has 86 valence electrons. The lowest BCUT2D eigenvalue weighted by Crippen LogP contribution is -2.40. The molecule has 0 spiro atoms. The number of carbonyl (C=O) groups is 1. The summed E-state index contributed by atoms with van der Waals surface area (Å²) in [7, 11) is 1.72. The highest BCUT2D eigenvalue weighted by atomic mass is 16.5. The van der Waals surface area contributed by atoms with Gasteiger partial charge in [0, 0.05) is 26.4 Å². The minimum Gasteiger partial charge on any atom is -0.381 e. The molecule has 2 rings (SSSR count). The zero-order chi connectivity index (χ0) is 11.4. The van der Waals surface area contributed by atoms with Crippen LogP contribution in [0.3, 0.4) is 0 Å². The molecule has 1 aliphatic rings. The van der Waals surface area contributed by atoms with Crippen LogP contribution in [-0.4, -0.2) is 42.1 Å². The second-order valence-corrected chi connectivity index (χ2v) is 3.94. The molecule has 0 unspecified atom stereocenters. The minimum atomic E-state index is 0.0233. The van der Waals surface area contributed by atoms with E-state index in [1.807, 2.05) is 17.0 Å². The summed E-state index contributed by atoms with van der Waals surface area (Å²) < 4.78 is 5.27. The summed E-state index contributed by atoms with van der Waals surface area (Å²) in [6.07, 6.45) is 3.77. The smallest absolute Gasteiger partial charge is 0.272 e. The van der Waals surface area contributed by atoms with Crippen molar-refractivity contribution in [3.8, 4) is 0 Å². The Hall–Kier alpha value is -1.42. The number of likely N-dealkylation sites (tertiary alicyclic amines) is 1. The van der Waals surface area contributed by atoms with Crippen LogP contribution in [0.2, 0.25) is 0 Å². The summed E-state index contributed by atoms with van der Waals surface area (Å²) in [6, 6.07) is 5.40. The molecule has 0 atom stereocenters. The lowest BCUT2D eigenvalue weighted by Gasteiger charge is -2.30. The van der Waals surface area contributed by atoms with Crippen LogP contribution in [-0.2, 0) is 4.74 Å². The van der Waals surface area contributed by atoms with Gasteiger partial charge < -0.3 is 9.64 Å². The molecule has 1 aromatic heterocycles. The molecular formula is C12H16N2O2. The predicted octanol–water partition coefficient (Wildman–Crippen LogP) is 1.33. The fourth-order valence-electron chi connectivity index (χ4n) is 1.95. The van der Waals surface area contributed by atoms with Crippen molar-refractivity contribution in [2.75, 3.05) is 20.2 Å². The van der Waals surface area contributed by atoms with Gasteiger partial charge in [-0.3, -0.25) is 9.78 Å². The number of methoxy groups -OCH3 is 1. The Labute approximate surface area is 95.2 Å². The summed E-state index contributed by atoms with van der Waals surface area (Å²) in [4.78, 5) is 17.9. The first kappa shape index (κ1) is 11.1. The van der Waals surface area contributed by atoms with E-state index in [9.17, 15) is 4.79 Å². The van der Waals surface area contributed by atoms with Crippen molar-refractivity contribution in [3.05, 3.63) is 30.1 Å². The first-order chi connectivity index (χ1) is 7.81. The van der Waals surface area contributed by atoms with Crippen LogP contribution in [0.15, 0.2) is 24.4 Å². The van der Waals surface area contributed by atoms with Gasteiger partial charge >= 0.3 is 0 Å². The highest BCUT2D eigenvalue weighted by molar-refractivity contribution is 5.92. The SMILES string of the molecule is COC1CCN(C(=O)c2ccccn2)CC1. The highest BCUT2D eigenvalue weighted by Crippen LogP contribution is 2.14. The topological polar surface area (TPSA) is 42.4 Å². The van der Waals surface area contributed by atoms with E-state index >= 15 is 0 Å². The van der Waals surface area contributed by atoms with Crippen LogP contribution in [0.5, 0.6) is 0 Å². The third kappa shape index (κ3) is 2.39. The van der Waals surface area contributed by atoms with E-state index in [0.29, 0.717) is 11.8 Å².